The Kier molecular flexibility index (Phi) is 4.21. The van der Waals surface area contributed by atoms with E-state index in [1.807, 2.05) is 38.2 Å². The van der Waals surface area contributed by atoms with Crippen molar-refractivity contribution in [2.45, 2.75) is 12.3 Å². The van der Waals surface area contributed by atoms with Gasteiger partial charge in [-0.2, -0.15) is 10.2 Å². The molecule has 0 saturated heterocycles. The van der Waals surface area contributed by atoms with Crippen LogP contribution in [0.25, 0.3) is 0 Å². The van der Waals surface area contributed by atoms with E-state index in [1.165, 1.54) is 4.68 Å². The Morgan fingerprint density at radius 2 is 2.07 bits per heavy atom. The molecule has 1 saturated carbocycles. The van der Waals surface area contributed by atoms with Crippen molar-refractivity contribution in [1.29, 1.82) is 0 Å². The van der Waals surface area contributed by atoms with E-state index in [-0.39, 0.29) is 5.56 Å². The molecule has 0 bridgehead atoms. The number of nitrogens with zero attached hydrogens (tertiary/aromatic N) is 7. The Balaban J connectivity index is 1.47. The molecule has 0 amide bonds. The highest BCUT2D eigenvalue weighted by Gasteiger charge is 2.40. The Morgan fingerprint density at radius 1 is 1.26 bits per heavy atom. The molecule has 9 heteroatoms. The van der Waals surface area contributed by atoms with Gasteiger partial charge in [0.25, 0.3) is 5.56 Å². The third-order valence-electron chi connectivity index (χ3n) is 4.94. The third-order valence-corrected chi connectivity index (χ3v) is 4.94. The van der Waals surface area contributed by atoms with Crippen LogP contribution >= 0.6 is 0 Å². The maximum Gasteiger partial charge on any atom is 0.290 e. The molecule has 3 aromatic heterocycles. The van der Waals surface area contributed by atoms with E-state index in [2.05, 4.69) is 21.4 Å². The minimum absolute atomic E-state index is 0.188. The number of aryl methyl sites for hydroxylation is 3. The van der Waals surface area contributed by atoms with Crippen LogP contribution in [-0.2, 0) is 21.1 Å². The topological polar surface area (TPSA) is 83.0 Å². The molecule has 9 nitrogen and oxygen atoms in total. The van der Waals surface area contributed by atoms with E-state index in [4.69, 9.17) is 4.74 Å². The van der Waals surface area contributed by atoms with Crippen LogP contribution in [0.2, 0.25) is 0 Å². The van der Waals surface area contributed by atoms with Crippen molar-refractivity contribution in [3.8, 4) is 5.88 Å². The molecule has 2 atom stereocenters. The van der Waals surface area contributed by atoms with Crippen molar-refractivity contribution in [3.05, 3.63) is 46.8 Å². The molecule has 3 aromatic rings. The smallest absolute Gasteiger partial charge is 0.290 e. The summed E-state index contributed by atoms with van der Waals surface area (Å²) in [4.78, 5) is 14.3. The summed E-state index contributed by atoms with van der Waals surface area (Å²) in [5, 5.41) is 12.8. The molecule has 3 heterocycles. The van der Waals surface area contributed by atoms with E-state index >= 15 is 0 Å². The fourth-order valence-electron chi connectivity index (χ4n) is 3.22. The van der Waals surface area contributed by atoms with E-state index in [9.17, 15) is 4.79 Å². The standard InChI is InChI=1S/C18H23N7O2/c1-22-6-5-15(20-22)14-7-12(14)11-27-17-8-16(18(26)25(4)21-17)24(3)13-9-19-23(2)10-13/h5-6,8-10,12,14H,7,11H2,1-4H3/t12-,14+/m1/s1. The van der Waals surface area contributed by atoms with Crippen molar-refractivity contribution in [1.82, 2.24) is 29.3 Å². The van der Waals surface area contributed by atoms with Crippen LogP contribution in [0.15, 0.2) is 35.5 Å². The summed E-state index contributed by atoms with van der Waals surface area (Å²) in [5.74, 6) is 1.31. The van der Waals surface area contributed by atoms with Gasteiger partial charge < -0.3 is 9.64 Å². The average Bonchev–Trinajstić information content (AvgIpc) is 3.06. The summed E-state index contributed by atoms with van der Waals surface area (Å²) in [6.45, 7) is 0.558. The van der Waals surface area contributed by atoms with E-state index in [1.54, 1.807) is 28.9 Å². The lowest BCUT2D eigenvalue weighted by atomic mass is 10.2. The van der Waals surface area contributed by atoms with E-state index in [0.717, 1.165) is 17.8 Å². The van der Waals surface area contributed by atoms with Gasteiger partial charge in [-0.15, -0.1) is 5.10 Å². The number of hydrogen-bond donors (Lipinski definition) is 0. The first kappa shape index (κ1) is 17.3. The fraction of sp³-hybridized carbons (Fsp3) is 0.444. The molecule has 1 fully saturated rings. The Morgan fingerprint density at radius 3 is 2.74 bits per heavy atom. The largest absolute Gasteiger partial charge is 0.476 e. The van der Waals surface area contributed by atoms with Crippen LogP contribution in [-0.4, -0.2) is 43.0 Å². The van der Waals surface area contributed by atoms with E-state index < -0.39 is 0 Å². The molecular formula is C18H23N7O2. The van der Waals surface area contributed by atoms with Gasteiger partial charge in [0.15, 0.2) is 0 Å². The van der Waals surface area contributed by atoms with Crippen molar-refractivity contribution in [2.24, 2.45) is 27.1 Å². The molecule has 142 valence electrons. The van der Waals surface area contributed by atoms with Crippen LogP contribution in [0.3, 0.4) is 0 Å². The van der Waals surface area contributed by atoms with Gasteiger partial charge in [-0.3, -0.25) is 14.2 Å². The van der Waals surface area contributed by atoms with Crippen molar-refractivity contribution < 1.29 is 4.74 Å². The zero-order valence-electron chi connectivity index (χ0n) is 15.9. The molecule has 4 rings (SSSR count). The van der Waals surface area contributed by atoms with Crippen molar-refractivity contribution in [3.63, 3.8) is 0 Å². The molecular weight excluding hydrogens is 346 g/mol. The molecule has 0 unspecified atom stereocenters. The van der Waals surface area contributed by atoms with Gasteiger partial charge in [-0.1, -0.05) is 0 Å². The van der Waals surface area contributed by atoms with Gasteiger partial charge >= 0.3 is 0 Å². The molecule has 27 heavy (non-hydrogen) atoms. The van der Waals surface area contributed by atoms with Crippen LogP contribution < -0.4 is 15.2 Å². The average molecular weight is 369 g/mol. The summed E-state index contributed by atoms with van der Waals surface area (Å²) in [5.41, 5.74) is 2.24. The Labute approximate surface area is 156 Å². The highest BCUT2D eigenvalue weighted by molar-refractivity contribution is 5.60. The summed E-state index contributed by atoms with van der Waals surface area (Å²) < 4.78 is 10.7. The predicted molar refractivity (Wildman–Crippen MR) is 100 cm³/mol. The van der Waals surface area contributed by atoms with Crippen LogP contribution in [0, 0.1) is 5.92 Å². The summed E-state index contributed by atoms with van der Waals surface area (Å²) in [6.07, 6.45) is 6.58. The maximum atomic E-state index is 12.5. The highest BCUT2D eigenvalue weighted by atomic mass is 16.5. The van der Waals surface area contributed by atoms with Gasteiger partial charge in [0.2, 0.25) is 5.88 Å². The highest BCUT2D eigenvalue weighted by Crippen LogP contribution is 2.46. The minimum atomic E-state index is -0.188. The van der Waals surface area contributed by atoms with E-state index in [0.29, 0.717) is 30.0 Å². The normalized spacial score (nSPS) is 18.5. The lowest BCUT2D eigenvalue weighted by molar-refractivity contribution is 0.278. The number of rotatable bonds is 6. The predicted octanol–water partition coefficient (Wildman–Crippen LogP) is 1.20. The summed E-state index contributed by atoms with van der Waals surface area (Å²) >= 11 is 0. The lowest BCUT2D eigenvalue weighted by Gasteiger charge is -2.17. The molecule has 0 aliphatic heterocycles. The zero-order chi connectivity index (χ0) is 19.1. The molecule has 1 aliphatic carbocycles. The monoisotopic (exact) mass is 369 g/mol. The first-order valence-corrected chi connectivity index (χ1v) is 8.85. The van der Waals surface area contributed by atoms with Crippen LogP contribution in [0.4, 0.5) is 11.4 Å². The second kappa shape index (κ2) is 6.57. The number of aromatic nitrogens is 6. The molecule has 0 N–H and O–H groups in total. The Bertz CT molecular complexity index is 1020. The van der Waals surface area contributed by atoms with Gasteiger partial charge in [-0.05, 0) is 12.5 Å². The van der Waals surface area contributed by atoms with Gasteiger partial charge in [0.05, 0.1) is 24.2 Å². The summed E-state index contributed by atoms with van der Waals surface area (Å²) in [6, 6.07) is 3.74. The molecule has 1 aliphatic rings. The Hall–Kier alpha value is -3.10. The third kappa shape index (κ3) is 3.44. The second-order valence-corrected chi connectivity index (χ2v) is 7.06. The second-order valence-electron chi connectivity index (χ2n) is 7.06. The van der Waals surface area contributed by atoms with Crippen LogP contribution in [0.5, 0.6) is 5.88 Å². The fourth-order valence-corrected chi connectivity index (χ4v) is 3.22. The van der Waals surface area contributed by atoms with Gasteiger partial charge in [0.1, 0.15) is 5.69 Å². The summed E-state index contributed by atoms with van der Waals surface area (Å²) in [7, 11) is 7.22. The first-order chi connectivity index (χ1) is 12.9. The SMILES string of the molecule is CN(c1cnn(C)c1)c1cc(OC[C@H]2C[C@@H]2c2ccn(C)n2)nn(C)c1=O. The minimum Gasteiger partial charge on any atom is -0.476 e. The van der Waals surface area contributed by atoms with Crippen LogP contribution in [0.1, 0.15) is 18.0 Å². The van der Waals surface area contributed by atoms with Gasteiger partial charge in [-0.25, -0.2) is 4.68 Å². The molecule has 0 radical (unpaired) electrons. The van der Waals surface area contributed by atoms with Crippen molar-refractivity contribution >= 4 is 11.4 Å². The number of anilines is 2. The zero-order valence-corrected chi connectivity index (χ0v) is 15.9. The number of hydrogen-bond acceptors (Lipinski definition) is 6. The lowest BCUT2D eigenvalue weighted by Crippen LogP contribution is -2.27. The molecule has 0 aromatic carbocycles. The van der Waals surface area contributed by atoms with Crippen molar-refractivity contribution in [2.75, 3.05) is 18.6 Å². The first-order valence-electron chi connectivity index (χ1n) is 8.85. The number of ether oxygens (including phenoxy) is 1. The van der Waals surface area contributed by atoms with Gasteiger partial charge in [0, 0.05) is 58.5 Å². The quantitative estimate of drug-likeness (QED) is 0.649. The molecule has 0 spiro atoms. The maximum absolute atomic E-state index is 12.5.